The van der Waals surface area contributed by atoms with E-state index in [0.29, 0.717) is 11.3 Å². The maximum absolute atomic E-state index is 8.20. The molecule has 28 heavy (non-hydrogen) atoms. The molecule has 0 heterocycles. The zero-order chi connectivity index (χ0) is 20.4. The molecule has 140 valence electrons. The van der Waals surface area contributed by atoms with Crippen molar-refractivity contribution in [2.75, 3.05) is 12.8 Å². The molecule has 3 aromatic rings. The summed E-state index contributed by atoms with van der Waals surface area (Å²) in [7, 11) is 1.50. The number of hydrogen-bond donors (Lipinski definition) is 3. The van der Waals surface area contributed by atoms with Gasteiger partial charge in [-0.2, -0.15) is 0 Å². The molecule has 0 atom stereocenters. The normalized spacial score (nSPS) is 9.36. The molecule has 0 bridgehead atoms. The third-order valence-electron chi connectivity index (χ3n) is 3.76. The third-order valence-corrected chi connectivity index (χ3v) is 4.85. The number of nitrogens with one attached hydrogen (secondary N) is 1. The van der Waals surface area contributed by atoms with Crippen LogP contribution in [0.1, 0.15) is 16.7 Å². The molecule has 0 aliphatic carbocycles. The van der Waals surface area contributed by atoms with Gasteiger partial charge in [-0.15, -0.1) is 0 Å². The van der Waals surface area contributed by atoms with Gasteiger partial charge < -0.3 is 11.5 Å². The Kier molecular flexibility index (Phi) is 8.11. The maximum Gasteiger partial charge on any atom is 0.114 e. The summed E-state index contributed by atoms with van der Waals surface area (Å²) in [5, 5.41) is 8.20. The van der Waals surface area contributed by atoms with Crippen LogP contribution in [0.5, 0.6) is 0 Å². The van der Waals surface area contributed by atoms with Crippen LogP contribution in [0, 0.1) is 17.3 Å². The zero-order valence-corrected chi connectivity index (χ0v) is 16.6. The molecular weight excluding hydrogens is 362 g/mol. The van der Waals surface area contributed by atoms with Crippen LogP contribution in [0.15, 0.2) is 89.2 Å². The summed E-state index contributed by atoms with van der Waals surface area (Å²) in [6.45, 7) is 3.85. The monoisotopic (exact) mass is 385 g/mol. The van der Waals surface area contributed by atoms with Crippen LogP contribution in [-0.2, 0) is 0 Å². The van der Waals surface area contributed by atoms with E-state index >= 15 is 0 Å². The van der Waals surface area contributed by atoms with Crippen molar-refractivity contribution in [2.45, 2.75) is 9.79 Å². The van der Waals surface area contributed by atoms with Gasteiger partial charge in [0.05, 0.1) is 0 Å². The molecule has 0 aromatic heterocycles. The van der Waals surface area contributed by atoms with Crippen molar-refractivity contribution in [1.29, 1.82) is 5.41 Å². The van der Waals surface area contributed by atoms with Gasteiger partial charge in [-0.25, -0.2) is 0 Å². The number of anilines is 1. The second-order valence-electron chi connectivity index (χ2n) is 5.58. The molecule has 0 aliphatic heterocycles. The number of hydrogen-bond acceptors (Lipinski definition) is 4. The van der Waals surface area contributed by atoms with Gasteiger partial charge in [0.1, 0.15) is 5.71 Å². The minimum absolute atomic E-state index is 0.217. The molecule has 4 heteroatoms. The third kappa shape index (κ3) is 5.62. The summed E-state index contributed by atoms with van der Waals surface area (Å²) in [6.07, 6.45) is 1.84. The highest BCUT2D eigenvalue weighted by Gasteiger charge is 2.07. The van der Waals surface area contributed by atoms with Crippen molar-refractivity contribution in [3.8, 4) is 11.8 Å². The first-order valence-corrected chi connectivity index (χ1v) is 9.51. The first-order valence-electron chi connectivity index (χ1n) is 8.70. The van der Waals surface area contributed by atoms with E-state index in [0.717, 1.165) is 20.9 Å². The summed E-state index contributed by atoms with van der Waals surface area (Å²) in [4.78, 5) is 2.14. The van der Waals surface area contributed by atoms with E-state index in [1.165, 1.54) is 7.05 Å². The highest BCUT2D eigenvalue weighted by Crippen LogP contribution is 2.32. The lowest BCUT2D eigenvalue weighted by molar-refractivity contribution is 1.38. The van der Waals surface area contributed by atoms with Crippen LogP contribution < -0.4 is 11.5 Å². The second-order valence-corrected chi connectivity index (χ2v) is 6.70. The molecule has 3 nitrogen and oxygen atoms in total. The average molecular weight is 386 g/mol. The van der Waals surface area contributed by atoms with Crippen LogP contribution >= 0.6 is 11.8 Å². The maximum atomic E-state index is 8.20. The number of benzene rings is 3. The molecule has 0 radical (unpaired) electrons. The van der Waals surface area contributed by atoms with Crippen LogP contribution in [0.4, 0.5) is 5.69 Å². The van der Waals surface area contributed by atoms with Crippen LogP contribution in [-0.4, -0.2) is 12.8 Å². The van der Waals surface area contributed by atoms with E-state index in [-0.39, 0.29) is 5.71 Å². The topological polar surface area (TPSA) is 75.9 Å². The lowest BCUT2D eigenvalue weighted by Crippen LogP contribution is -2.01. The van der Waals surface area contributed by atoms with E-state index in [1.54, 1.807) is 11.8 Å². The van der Waals surface area contributed by atoms with Crippen molar-refractivity contribution < 1.29 is 0 Å². The Morgan fingerprint density at radius 1 is 1.00 bits per heavy atom. The lowest BCUT2D eigenvalue weighted by atomic mass is 10.1. The molecule has 0 unspecified atom stereocenters. The van der Waals surface area contributed by atoms with Gasteiger partial charge in [-0.05, 0) is 54.9 Å². The Labute approximate surface area is 171 Å². The molecule has 3 aromatic carbocycles. The molecule has 0 saturated heterocycles. The molecular formula is C24H23N3S. The second kappa shape index (κ2) is 10.8. The fourth-order valence-corrected chi connectivity index (χ4v) is 3.42. The minimum Gasteiger partial charge on any atom is -0.398 e. The number of nitrogens with two attached hydrogens (primary N) is 2. The van der Waals surface area contributed by atoms with Gasteiger partial charge in [0.15, 0.2) is 0 Å². The van der Waals surface area contributed by atoms with Gasteiger partial charge in [0.2, 0.25) is 0 Å². The highest BCUT2D eigenvalue weighted by atomic mass is 32.2. The standard InChI is InChI=1S/C23H18N2S.CH5N/c1-2-18-10-6-7-11-23(18)26-19-13-14-20(22(25)16-19)21(24)15-12-17-8-4-3-5-9-17;1-2/h2-11,13-14,16,24H,1,25H2;2H2,1H3. The Morgan fingerprint density at radius 2 is 1.68 bits per heavy atom. The minimum atomic E-state index is 0.217. The van der Waals surface area contributed by atoms with Crippen molar-refractivity contribution >= 4 is 29.2 Å². The molecule has 0 aliphatic rings. The van der Waals surface area contributed by atoms with Crippen LogP contribution in [0.25, 0.3) is 6.08 Å². The van der Waals surface area contributed by atoms with Crippen molar-refractivity contribution in [1.82, 2.24) is 0 Å². The Morgan fingerprint density at radius 3 is 2.36 bits per heavy atom. The van der Waals surface area contributed by atoms with E-state index in [9.17, 15) is 0 Å². The molecule has 5 N–H and O–H groups in total. The predicted octanol–water partition coefficient (Wildman–Crippen LogP) is 5.06. The molecule has 3 rings (SSSR count). The van der Waals surface area contributed by atoms with Crippen molar-refractivity contribution in [2.24, 2.45) is 5.73 Å². The smallest absolute Gasteiger partial charge is 0.114 e. The van der Waals surface area contributed by atoms with Gasteiger partial charge in [-0.1, -0.05) is 66.7 Å². The fraction of sp³-hybridized carbons (Fsp3) is 0.0417. The van der Waals surface area contributed by atoms with E-state index in [1.807, 2.05) is 72.8 Å². The summed E-state index contributed by atoms with van der Waals surface area (Å²) in [5.41, 5.74) is 14.1. The van der Waals surface area contributed by atoms with Gasteiger partial charge >= 0.3 is 0 Å². The SMILES string of the molecule is C=Cc1ccccc1Sc1ccc(C(=N)C#Cc2ccccc2)c(N)c1.CN. The summed E-state index contributed by atoms with van der Waals surface area (Å²) in [5.74, 6) is 5.87. The molecule has 0 spiro atoms. The van der Waals surface area contributed by atoms with Gasteiger partial charge in [0.25, 0.3) is 0 Å². The summed E-state index contributed by atoms with van der Waals surface area (Å²) in [6, 6.07) is 23.4. The van der Waals surface area contributed by atoms with Crippen LogP contribution in [0.2, 0.25) is 0 Å². The molecule has 0 amide bonds. The summed E-state index contributed by atoms with van der Waals surface area (Å²) >= 11 is 1.63. The highest BCUT2D eigenvalue weighted by molar-refractivity contribution is 7.99. The molecule has 0 fully saturated rings. The Hall–Kier alpha value is -3.26. The van der Waals surface area contributed by atoms with Crippen molar-refractivity contribution in [3.05, 3.63) is 96.1 Å². The Balaban J connectivity index is 0.00000136. The van der Waals surface area contributed by atoms with Gasteiger partial charge in [0, 0.05) is 26.6 Å². The fourth-order valence-electron chi connectivity index (χ4n) is 2.42. The van der Waals surface area contributed by atoms with Crippen molar-refractivity contribution in [3.63, 3.8) is 0 Å². The van der Waals surface area contributed by atoms with Gasteiger partial charge in [-0.3, -0.25) is 5.41 Å². The predicted molar refractivity (Wildman–Crippen MR) is 122 cm³/mol. The quantitative estimate of drug-likeness (QED) is 0.334. The van der Waals surface area contributed by atoms with E-state index in [2.05, 4.69) is 30.2 Å². The first-order chi connectivity index (χ1) is 13.7. The summed E-state index contributed by atoms with van der Waals surface area (Å²) < 4.78 is 0. The number of nitrogen functional groups attached to an aromatic ring is 1. The van der Waals surface area contributed by atoms with E-state index in [4.69, 9.17) is 11.1 Å². The average Bonchev–Trinajstić information content (AvgIpc) is 2.75. The zero-order valence-electron chi connectivity index (χ0n) is 15.8. The lowest BCUT2D eigenvalue weighted by Gasteiger charge is -2.08. The van der Waals surface area contributed by atoms with Crippen LogP contribution in [0.3, 0.4) is 0 Å². The largest absolute Gasteiger partial charge is 0.398 e. The first kappa shape index (κ1) is 21.0. The number of rotatable bonds is 4. The Bertz CT molecular complexity index is 1010. The molecule has 0 saturated carbocycles. The van der Waals surface area contributed by atoms with E-state index < -0.39 is 0 Å².